The van der Waals surface area contributed by atoms with Crippen molar-refractivity contribution in [3.05, 3.63) is 29.3 Å². The summed E-state index contributed by atoms with van der Waals surface area (Å²) in [6.45, 7) is 4.01. The van der Waals surface area contributed by atoms with Crippen LogP contribution in [0, 0.1) is 5.92 Å². The quantitative estimate of drug-likeness (QED) is 0.861. The number of amides is 1. The number of carbonyl (C=O) groups is 1. The van der Waals surface area contributed by atoms with E-state index in [0.717, 1.165) is 38.2 Å². The molecule has 1 fully saturated rings. The topological polar surface area (TPSA) is 44.4 Å². The van der Waals surface area contributed by atoms with Gasteiger partial charge in [-0.15, -0.1) is 0 Å². The fourth-order valence-corrected chi connectivity index (χ4v) is 2.98. The minimum Gasteiger partial charge on any atom is -0.384 e. The largest absolute Gasteiger partial charge is 0.384 e. The van der Waals surface area contributed by atoms with E-state index in [1.165, 1.54) is 17.7 Å². The van der Waals surface area contributed by atoms with E-state index >= 15 is 0 Å². The van der Waals surface area contributed by atoms with Crippen LogP contribution in [0.5, 0.6) is 0 Å². The highest BCUT2D eigenvalue weighted by Crippen LogP contribution is 2.23. The number of carbonyl (C=O) groups excluding carboxylic acids is 1. The first-order chi connectivity index (χ1) is 9.22. The molecule has 1 atom stereocenters. The lowest BCUT2D eigenvalue weighted by molar-refractivity contribution is 0.0947. The Morgan fingerprint density at radius 2 is 2.42 bits per heavy atom. The van der Waals surface area contributed by atoms with Gasteiger partial charge in [0.2, 0.25) is 0 Å². The summed E-state index contributed by atoms with van der Waals surface area (Å²) in [6, 6.07) is 5.94. The van der Waals surface area contributed by atoms with Gasteiger partial charge in [0.25, 0.3) is 5.91 Å². The predicted molar refractivity (Wildman–Crippen MR) is 76.6 cm³/mol. The Morgan fingerprint density at radius 1 is 1.53 bits per heavy atom. The monoisotopic (exact) mass is 259 g/mol. The number of fused-ring (bicyclic) bond motifs is 1. The molecular weight excluding hydrogens is 238 g/mol. The van der Waals surface area contributed by atoms with Gasteiger partial charge in [0, 0.05) is 30.9 Å². The molecule has 1 aromatic rings. The Morgan fingerprint density at radius 3 is 3.21 bits per heavy atom. The van der Waals surface area contributed by atoms with Gasteiger partial charge in [0.15, 0.2) is 0 Å². The van der Waals surface area contributed by atoms with Crippen LogP contribution in [0.4, 0.5) is 5.69 Å². The molecule has 1 aromatic carbocycles. The Hall–Kier alpha value is -1.55. The molecule has 2 aliphatic rings. The number of hydrogen-bond acceptors (Lipinski definition) is 3. The molecule has 0 spiro atoms. The first kappa shape index (κ1) is 12.5. The van der Waals surface area contributed by atoms with Crippen molar-refractivity contribution in [3.63, 3.8) is 0 Å². The lowest BCUT2D eigenvalue weighted by Crippen LogP contribution is -2.30. The van der Waals surface area contributed by atoms with E-state index in [1.807, 2.05) is 18.2 Å². The summed E-state index contributed by atoms with van der Waals surface area (Å²) >= 11 is 0. The van der Waals surface area contributed by atoms with Crippen LogP contribution in [0.25, 0.3) is 0 Å². The minimum atomic E-state index is 0.0595. The van der Waals surface area contributed by atoms with Gasteiger partial charge in [-0.2, -0.15) is 0 Å². The smallest absolute Gasteiger partial charge is 0.251 e. The Kier molecular flexibility index (Phi) is 3.42. The minimum absolute atomic E-state index is 0.0595. The van der Waals surface area contributed by atoms with E-state index in [-0.39, 0.29) is 5.91 Å². The maximum atomic E-state index is 12.1. The Labute approximate surface area is 114 Å². The van der Waals surface area contributed by atoms with Crippen LogP contribution in [-0.2, 0) is 6.42 Å². The molecule has 0 saturated carbocycles. The molecule has 3 rings (SSSR count). The lowest BCUT2D eigenvalue weighted by Gasteiger charge is -2.12. The highest BCUT2D eigenvalue weighted by atomic mass is 16.1. The molecule has 0 bridgehead atoms. The number of rotatable bonds is 3. The SMILES string of the molecule is CN1CCC(CNC(=O)c2ccc3c(c2)CCN3)C1. The molecule has 19 heavy (non-hydrogen) atoms. The zero-order chi connectivity index (χ0) is 13.2. The zero-order valence-electron chi connectivity index (χ0n) is 11.4. The standard InChI is InChI=1S/C15H21N3O/c1-18-7-5-11(10-18)9-17-15(19)13-2-3-14-12(8-13)4-6-16-14/h2-3,8,11,16H,4-7,9-10H2,1H3,(H,17,19). The third-order valence-electron chi connectivity index (χ3n) is 4.12. The fourth-order valence-electron chi connectivity index (χ4n) is 2.98. The van der Waals surface area contributed by atoms with Crippen LogP contribution < -0.4 is 10.6 Å². The Balaban J connectivity index is 1.58. The summed E-state index contributed by atoms with van der Waals surface area (Å²) in [7, 11) is 2.13. The second kappa shape index (κ2) is 5.21. The van der Waals surface area contributed by atoms with Crippen molar-refractivity contribution >= 4 is 11.6 Å². The second-order valence-electron chi connectivity index (χ2n) is 5.68. The first-order valence-electron chi connectivity index (χ1n) is 7.06. The van der Waals surface area contributed by atoms with Crippen LogP contribution in [0.1, 0.15) is 22.3 Å². The van der Waals surface area contributed by atoms with Gasteiger partial charge in [-0.05, 0) is 56.1 Å². The van der Waals surface area contributed by atoms with E-state index in [1.54, 1.807) is 0 Å². The van der Waals surface area contributed by atoms with Crippen LogP contribution in [0.3, 0.4) is 0 Å². The number of nitrogens with one attached hydrogen (secondary N) is 2. The molecule has 1 amide bonds. The number of likely N-dealkylation sites (tertiary alicyclic amines) is 1. The van der Waals surface area contributed by atoms with Gasteiger partial charge >= 0.3 is 0 Å². The highest BCUT2D eigenvalue weighted by molar-refractivity contribution is 5.95. The van der Waals surface area contributed by atoms with Crippen molar-refractivity contribution in [2.75, 3.05) is 38.5 Å². The molecule has 4 heteroatoms. The van der Waals surface area contributed by atoms with E-state index in [9.17, 15) is 4.79 Å². The van der Waals surface area contributed by atoms with Crippen molar-refractivity contribution in [3.8, 4) is 0 Å². The number of hydrogen-bond donors (Lipinski definition) is 2. The summed E-state index contributed by atoms with van der Waals surface area (Å²) < 4.78 is 0. The third kappa shape index (κ3) is 2.73. The van der Waals surface area contributed by atoms with Crippen LogP contribution in [-0.4, -0.2) is 44.0 Å². The van der Waals surface area contributed by atoms with Crippen molar-refractivity contribution < 1.29 is 4.79 Å². The van der Waals surface area contributed by atoms with Crippen molar-refractivity contribution in [2.45, 2.75) is 12.8 Å². The molecule has 2 aliphatic heterocycles. The summed E-state index contributed by atoms with van der Waals surface area (Å²) in [5.41, 5.74) is 3.22. The normalized spacial score (nSPS) is 22.1. The van der Waals surface area contributed by atoms with Crippen LogP contribution in [0.15, 0.2) is 18.2 Å². The van der Waals surface area contributed by atoms with Gasteiger partial charge < -0.3 is 15.5 Å². The van der Waals surface area contributed by atoms with Crippen molar-refractivity contribution in [1.82, 2.24) is 10.2 Å². The van der Waals surface area contributed by atoms with E-state index in [4.69, 9.17) is 0 Å². The molecule has 1 saturated heterocycles. The average Bonchev–Trinajstić information content (AvgIpc) is 3.03. The predicted octanol–water partition coefficient (Wildman–Crippen LogP) is 1.34. The molecule has 0 radical (unpaired) electrons. The Bertz CT molecular complexity index is 486. The maximum Gasteiger partial charge on any atom is 0.251 e. The van der Waals surface area contributed by atoms with Gasteiger partial charge in [-0.3, -0.25) is 4.79 Å². The molecule has 102 valence electrons. The van der Waals surface area contributed by atoms with E-state index in [0.29, 0.717) is 5.92 Å². The van der Waals surface area contributed by atoms with E-state index in [2.05, 4.69) is 22.6 Å². The molecule has 4 nitrogen and oxygen atoms in total. The molecule has 2 N–H and O–H groups in total. The van der Waals surface area contributed by atoms with Gasteiger partial charge in [-0.25, -0.2) is 0 Å². The third-order valence-corrected chi connectivity index (χ3v) is 4.12. The molecule has 1 unspecified atom stereocenters. The van der Waals surface area contributed by atoms with Gasteiger partial charge in [0.05, 0.1) is 0 Å². The maximum absolute atomic E-state index is 12.1. The fraction of sp³-hybridized carbons (Fsp3) is 0.533. The average molecular weight is 259 g/mol. The summed E-state index contributed by atoms with van der Waals surface area (Å²) in [4.78, 5) is 14.5. The van der Waals surface area contributed by atoms with E-state index < -0.39 is 0 Å². The summed E-state index contributed by atoms with van der Waals surface area (Å²) in [5.74, 6) is 0.661. The zero-order valence-corrected chi connectivity index (χ0v) is 11.4. The van der Waals surface area contributed by atoms with Crippen LogP contribution >= 0.6 is 0 Å². The lowest BCUT2D eigenvalue weighted by atomic mass is 10.1. The summed E-state index contributed by atoms with van der Waals surface area (Å²) in [6.07, 6.45) is 2.20. The molecular formula is C15H21N3O. The first-order valence-corrected chi connectivity index (χ1v) is 7.06. The van der Waals surface area contributed by atoms with Gasteiger partial charge in [-0.1, -0.05) is 0 Å². The molecule has 0 aliphatic carbocycles. The molecule has 2 heterocycles. The number of nitrogens with zero attached hydrogens (tertiary/aromatic N) is 1. The van der Waals surface area contributed by atoms with Crippen molar-refractivity contribution in [1.29, 1.82) is 0 Å². The number of anilines is 1. The molecule has 0 aromatic heterocycles. The summed E-state index contributed by atoms with van der Waals surface area (Å²) in [5, 5.41) is 6.38. The van der Waals surface area contributed by atoms with Crippen molar-refractivity contribution in [2.24, 2.45) is 5.92 Å². The highest BCUT2D eigenvalue weighted by Gasteiger charge is 2.20. The number of benzene rings is 1. The van der Waals surface area contributed by atoms with Crippen LogP contribution in [0.2, 0.25) is 0 Å². The van der Waals surface area contributed by atoms with Gasteiger partial charge in [0.1, 0.15) is 0 Å². The second-order valence-corrected chi connectivity index (χ2v) is 5.68.